The van der Waals surface area contributed by atoms with E-state index in [-0.39, 0.29) is 0 Å². The van der Waals surface area contributed by atoms with Gasteiger partial charge in [-0.15, -0.1) is 4.52 Å². The van der Waals surface area contributed by atoms with E-state index in [2.05, 4.69) is 9.84 Å². The molecule has 9 nitrogen and oxygen atoms in total. The van der Waals surface area contributed by atoms with E-state index in [0.717, 1.165) is 0 Å². The summed E-state index contributed by atoms with van der Waals surface area (Å²) in [7, 11) is -3.12. The van der Waals surface area contributed by atoms with Crippen molar-refractivity contribution < 1.29 is 38.8 Å². The largest absolute Gasteiger partial charge is 0.566 e. The predicted octanol–water partition coefficient (Wildman–Crippen LogP) is -3.04. The van der Waals surface area contributed by atoms with Crippen LogP contribution in [0.15, 0.2) is 0 Å². The molecule has 4 N–H and O–H groups in total. The lowest BCUT2D eigenvalue weighted by Crippen LogP contribution is -2.64. The number of hydrogen-bond donors (Lipinski definition) is 4. The molecule has 10 heteroatoms. The van der Waals surface area contributed by atoms with E-state index in [0.29, 0.717) is 0 Å². The summed E-state index contributed by atoms with van der Waals surface area (Å²) in [6, 6.07) is -1.20. The van der Waals surface area contributed by atoms with Crippen molar-refractivity contribution in [2.75, 3.05) is 6.61 Å². The van der Waals surface area contributed by atoms with Gasteiger partial charge in [-0.3, -0.25) is 4.79 Å². The summed E-state index contributed by atoms with van der Waals surface area (Å²) >= 11 is 0. The SMILES string of the molecule is CC(=O)N[C@H]1C(O)O[C@H](CO[P+](=O)[O-])[C@@H](O)[C@@H]1O. The minimum absolute atomic E-state index is 0.522. The smallest absolute Gasteiger partial charge is 0.488 e. The number of ether oxygens (including phenoxy) is 1. The number of rotatable bonds is 4. The van der Waals surface area contributed by atoms with Gasteiger partial charge in [-0.1, -0.05) is 0 Å². The van der Waals surface area contributed by atoms with Crippen LogP contribution in [0.5, 0.6) is 0 Å². The third-order valence-electron chi connectivity index (χ3n) is 2.43. The molecule has 0 radical (unpaired) electrons. The number of amides is 1. The molecule has 1 rings (SSSR count). The van der Waals surface area contributed by atoms with Crippen molar-refractivity contribution in [3.05, 3.63) is 0 Å². The molecule has 1 saturated heterocycles. The van der Waals surface area contributed by atoms with Gasteiger partial charge < -0.3 is 30.3 Å². The van der Waals surface area contributed by atoms with Crippen molar-refractivity contribution in [3.63, 3.8) is 0 Å². The van der Waals surface area contributed by atoms with Crippen LogP contribution in [0, 0.1) is 0 Å². The minimum atomic E-state index is -3.12. The molecular formula is C8H14NO8P. The summed E-state index contributed by atoms with van der Waals surface area (Å²) in [6.45, 7) is 0.629. The molecule has 18 heavy (non-hydrogen) atoms. The number of carbonyl (C=O) groups is 1. The summed E-state index contributed by atoms with van der Waals surface area (Å²) in [5, 5.41) is 31.1. The molecule has 0 aliphatic carbocycles. The maximum Gasteiger partial charge on any atom is 0.488 e. The van der Waals surface area contributed by atoms with Gasteiger partial charge >= 0.3 is 8.25 Å². The van der Waals surface area contributed by atoms with E-state index < -0.39 is 51.4 Å². The van der Waals surface area contributed by atoms with Gasteiger partial charge in [0, 0.05) is 6.92 Å². The van der Waals surface area contributed by atoms with Crippen molar-refractivity contribution in [2.45, 2.75) is 37.6 Å². The molecule has 0 aromatic rings. The first-order valence-electron chi connectivity index (χ1n) is 5.07. The lowest BCUT2D eigenvalue weighted by atomic mass is 9.97. The first-order valence-corrected chi connectivity index (χ1v) is 6.16. The maximum atomic E-state index is 10.8. The van der Waals surface area contributed by atoms with Crippen LogP contribution in [0.2, 0.25) is 0 Å². The topological polar surface area (TPSA) is 148 Å². The van der Waals surface area contributed by atoms with Crippen LogP contribution in [0.4, 0.5) is 0 Å². The molecule has 0 aromatic carbocycles. The molecule has 6 atom stereocenters. The molecule has 1 aliphatic heterocycles. The molecule has 104 valence electrons. The van der Waals surface area contributed by atoms with Crippen LogP contribution < -0.4 is 10.2 Å². The fourth-order valence-corrected chi connectivity index (χ4v) is 1.88. The Hall–Kier alpha value is -0.670. The highest BCUT2D eigenvalue weighted by Gasteiger charge is 2.44. The van der Waals surface area contributed by atoms with Crippen LogP contribution in [0.1, 0.15) is 6.92 Å². The van der Waals surface area contributed by atoms with Crippen LogP contribution in [0.3, 0.4) is 0 Å². The van der Waals surface area contributed by atoms with Crippen molar-refractivity contribution in [2.24, 2.45) is 0 Å². The first kappa shape index (κ1) is 15.4. The first-order chi connectivity index (χ1) is 8.32. The van der Waals surface area contributed by atoms with E-state index in [9.17, 15) is 29.6 Å². The van der Waals surface area contributed by atoms with Crippen LogP contribution in [-0.2, 0) is 18.6 Å². The third-order valence-corrected chi connectivity index (χ3v) is 2.79. The van der Waals surface area contributed by atoms with E-state index in [1.165, 1.54) is 6.92 Å². The summed E-state index contributed by atoms with van der Waals surface area (Å²) in [4.78, 5) is 21.0. The Morgan fingerprint density at radius 1 is 1.44 bits per heavy atom. The second-order valence-electron chi connectivity index (χ2n) is 3.79. The number of hydrogen-bond acceptors (Lipinski definition) is 8. The zero-order valence-corrected chi connectivity index (χ0v) is 10.3. The Morgan fingerprint density at radius 3 is 2.56 bits per heavy atom. The summed E-state index contributed by atoms with van der Waals surface area (Å²) < 4.78 is 19.3. The zero-order chi connectivity index (χ0) is 13.9. The Balaban J connectivity index is 2.64. The molecule has 1 amide bonds. The lowest BCUT2D eigenvalue weighted by Gasteiger charge is -2.40. The number of nitrogens with one attached hydrogen (secondary N) is 1. The number of carbonyl (C=O) groups excluding carboxylic acids is 1. The van der Waals surface area contributed by atoms with E-state index in [1.807, 2.05) is 0 Å². The Labute approximate surface area is 103 Å². The molecule has 2 unspecified atom stereocenters. The zero-order valence-electron chi connectivity index (χ0n) is 9.42. The molecule has 0 spiro atoms. The highest BCUT2D eigenvalue weighted by Crippen LogP contribution is 2.22. The van der Waals surface area contributed by atoms with Crippen molar-refractivity contribution in [1.29, 1.82) is 0 Å². The van der Waals surface area contributed by atoms with Crippen molar-refractivity contribution in [1.82, 2.24) is 5.32 Å². The average molecular weight is 283 g/mol. The van der Waals surface area contributed by atoms with Gasteiger partial charge in [0.1, 0.15) is 31.0 Å². The van der Waals surface area contributed by atoms with Gasteiger partial charge in [-0.05, 0) is 4.57 Å². The second-order valence-corrected chi connectivity index (χ2v) is 4.50. The van der Waals surface area contributed by atoms with Crippen molar-refractivity contribution >= 4 is 14.2 Å². The van der Waals surface area contributed by atoms with E-state index >= 15 is 0 Å². The van der Waals surface area contributed by atoms with Gasteiger partial charge in [0.05, 0.1) is 0 Å². The van der Waals surface area contributed by atoms with Crippen LogP contribution in [-0.4, -0.2) is 58.5 Å². The summed E-state index contributed by atoms with van der Waals surface area (Å²) in [5.74, 6) is -0.522. The molecule has 1 aliphatic rings. The molecule has 0 bridgehead atoms. The van der Waals surface area contributed by atoms with Gasteiger partial charge in [0.25, 0.3) is 0 Å². The van der Waals surface area contributed by atoms with Gasteiger partial charge in [0.15, 0.2) is 6.29 Å². The highest BCUT2D eigenvalue weighted by atomic mass is 31.1. The Bertz CT molecular complexity index is 324. The maximum absolute atomic E-state index is 10.8. The molecule has 0 aromatic heterocycles. The highest BCUT2D eigenvalue weighted by molar-refractivity contribution is 7.30. The van der Waals surface area contributed by atoms with E-state index in [4.69, 9.17) is 4.74 Å². The summed E-state index contributed by atoms with van der Waals surface area (Å²) in [6.07, 6.45) is -5.80. The quantitative estimate of drug-likeness (QED) is 0.398. The van der Waals surface area contributed by atoms with Gasteiger partial charge in [0.2, 0.25) is 5.91 Å². The molecule has 1 heterocycles. The monoisotopic (exact) mass is 283 g/mol. The molecule has 1 fully saturated rings. The fourth-order valence-electron chi connectivity index (χ4n) is 1.61. The third kappa shape index (κ3) is 3.92. The van der Waals surface area contributed by atoms with Gasteiger partial charge in [-0.2, -0.15) is 0 Å². The second kappa shape index (κ2) is 6.48. The average Bonchev–Trinajstić information content (AvgIpc) is 2.27. The number of aliphatic hydroxyl groups is 3. The predicted molar refractivity (Wildman–Crippen MR) is 54.1 cm³/mol. The van der Waals surface area contributed by atoms with Crippen molar-refractivity contribution in [3.8, 4) is 0 Å². The van der Waals surface area contributed by atoms with E-state index in [1.54, 1.807) is 0 Å². The Kier molecular flexibility index (Phi) is 5.54. The van der Waals surface area contributed by atoms with Crippen LogP contribution >= 0.6 is 8.25 Å². The molecular weight excluding hydrogens is 269 g/mol. The minimum Gasteiger partial charge on any atom is -0.566 e. The normalized spacial score (nSPS) is 37.2. The number of aliphatic hydroxyl groups excluding tert-OH is 3. The summed E-state index contributed by atoms with van der Waals surface area (Å²) in [5.41, 5.74) is 0. The Morgan fingerprint density at radius 2 is 2.06 bits per heavy atom. The van der Waals surface area contributed by atoms with Gasteiger partial charge in [-0.25, -0.2) is 0 Å². The standard InChI is InChI=1S/C8H14NO8P/c1-3(10)9-5-7(12)6(11)4(17-8(5)13)2-16-18(14)15/h4-8,11-13H,2H2,1H3,(H,9,10)/t4-,5-,6-,7-,8?/m1/s1. The fraction of sp³-hybridized carbons (Fsp3) is 0.875. The van der Waals surface area contributed by atoms with Crippen LogP contribution in [0.25, 0.3) is 0 Å². The lowest BCUT2D eigenvalue weighted by molar-refractivity contribution is -0.256. The molecule has 0 saturated carbocycles.